The summed E-state index contributed by atoms with van der Waals surface area (Å²) in [6.07, 6.45) is 4.55. The van der Waals surface area contributed by atoms with Crippen LogP contribution in [0.3, 0.4) is 0 Å². The minimum Gasteiger partial charge on any atom is -0.345 e. The van der Waals surface area contributed by atoms with Crippen LogP contribution in [0.4, 0.5) is 0 Å². The van der Waals surface area contributed by atoms with Crippen LogP contribution in [-0.2, 0) is 17.9 Å². The monoisotopic (exact) mass is 332 g/mol. The van der Waals surface area contributed by atoms with Gasteiger partial charge in [0.15, 0.2) is 0 Å². The van der Waals surface area contributed by atoms with Gasteiger partial charge in [-0.1, -0.05) is 37.6 Å². The van der Waals surface area contributed by atoms with Gasteiger partial charge in [0.05, 0.1) is 6.54 Å². The smallest absolute Gasteiger partial charge is 0.222 e. The summed E-state index contributed by atoms with van der Waals surface area (Å²) in [5, 5.41) is 0.752. The largest absolute Gasteiger partial charge is 0.345 e. The van der Waals surface area contributed by atoms with Crippen LogP contribution in [0.5, 0.6) is 0 Å². The van der Waals surface area contributed by atoms with E-state index in [0.717, 1.165) is 42.2 Å². The highest BCUT2D eigenvalue weighted by molar-refractivity contribution is 6.30. The number of amides is 1. The Balaban J connectivity index is 2.11. The second-order valence-electron chi connectivity index (χ2n) is 5.82. The fourth-order valence-electron chi connectivity index (χ4n) is 2.71. The van der Waals surface area contributed by atoms with Gasteiger partial charge in [-0.05, 0) is 42.7 Å². The molecule has 124 valence electrons. The molecule has 1 aromatic carbocycles. The second kappa shape index (κ2) is 8.78. The number of carbonyl (C=O) groups is 1. The highest BCUT2D eigenvalue weighted by atomic mass is 35.5. The summed E-state index contributed by atoms with van der Waals surface area (Å²) in [6.45, 7) is 6.40. The number of hydrogen-bond acceptors (Lipinski definition) is 1. The van der Waals surface area contributed by atoms with E-state index in [0.29, 0.717) is 13.0 Å². The lowest BCUT2D eigenvalue weighted by molar-refractivity contribution is -0.132. The maximum atomic E-state index is 12.3. The zero-order valence-corrected chi connectivity index (χ0v) is 14.7. The average Bonchev–Trinajstić information content (AvgIpc) is 2.94. The molecule has 1 heterocycles. The number of hydrogen-bond donors (Lipinski definition) is 0. The van der Waals surface area contributed by atoms with Gasteiger partial charge < -0.3 is 9.47 Å². The maximum absolute atomic E-state index is 12.3. The molecular weight excluding hydrogens is 308 g/mol. The molecule has 0 aliphatic rings. The van der Waals surface area contributed by atoms with Crippen molar-refractivity contribution < 1.29 is 4.79 Å². The van der Waals surface area contributed by atoms with Crippen LogP contribution in [0, 0.1) is 0 Å². The van der Waals surface area contributed by atoms with E-state index in [9.17, 15) is 4.79 Å². The lowest BCUT2D eigenvalue weighted by atomic mass is 10.2. The molecule has 0 bridgehead atoms. The Bertz CT molecular complexity index is 636. The third-order valence-corrected chi connectivity index (χ3v) is 4.06. The predicted octanol–water partition coefficient (Wildman–Crippen LogP) is 4.73. The minimum absolute atomic E-state index is 0.241. The van der Waals surface area contributed by atoms with Gasteiger partial charge in [-0.15, -0.1) is 0 Å². The minimum atomic E-state index is 0.241. The van der Waals surface area contributed by atoms with Gasteiger partial charge in [0.25, 0.3) is 0 Å². The van der Waals surface area contributed by atoms with E-state index >= 15 is 0 Å². The zero-order valence-electron chi connectivity index (χ0n) is 14.0. The second-order valence-corrected chi connectivity index (χ2v) is 6.26. The highest BCUT2D eigenvalue weighted by Crippen LogP contribution is 2.15. The van der Waals surface area contributed by atoms with Crippen LogP contribution in [0.25, 0.3) is 0 Å². The normalized spacial score (nSPS) is 10.7. The first-order valence-electron chi connectivity index (χ1n) is 8.30. The van der Waals surface area contributed by atoms with E-state index in [-0.39, 0.29) is 5.91 Å². The topological polar surface area (TPSA) is 25.2 Å². The van der Waals surface area contributed by atoms with Gasteiger partial charge in [0.2, 0.25) is 5.91 Å². The molecule has 0 radical (unpaired) electrons. The molecule has 0 spiro atoms. The average molecular weight is 333 g/mol. The molecule has 0 atom stereocenters. The van der Waals surface area contributed by atoms with Crippen molar-refractivity contribution in [3.63, 3.8) is 0 Å². The van der Waals surface area contributed by atoms with Gasteiger partial charge in [-0.2, -0.15) is 0 Å². The number of halogens is 1. The zero-order chi connectivity index (χ0) is 16.7. The van der Waals surface area contributed by atoms with Gasteiger partial charge >= 0.3 is 0 Å². The molecular formula is C19H25ClN2O. The quantitative estimate of drug-likeness (QED) is 0.686. The third-order valence-electron chi connectivity index (χ3n) is 3.83. The van der Waals surface area contributed by atoms with E-state index in [1.807, 2.05) is 36.1 Å². The number of benzene rings is 1. The fourth-order valence-corrected chi connectivity index (χ4v) is 2.92. The van der Waals surface area contributed by atoms with E-state index < -0.39 is 0 Å². The van der Waals surface area contributed by atoms with Crippen LogP contribution < -0.4 is 0 Å². The molecule has 0 aliphatic heterocycles. The van der Waals surface area contributed by atoms with Crippen molar-refractivity contribution in [2.75, 3.05) is 6.54 Å². The van der Waals surface area contributed by atoms with Crippen molar-refractivity contribution in [2.24, 2.45) is 0 Å². The number of rotatable bonds is 8. The Labute approximate surface area is 143 Å². The summed E-state index contributed by atoms with van der Waals surface area (Å²) in [4.78, 5) is 14.2. The first kappa shape index (κ1) is 17.6. The van der Waals surface area contributed by atoms with Crippen molar-refractivity contribution in [2.45, 2.75) is 46.2 Å². The summed E-state index contributed by atoms with van der Waals surface area (Å²) in [5.41, 5.74) is 2.32. The van der Waals surface area contributed by atoms with Crippen LogP contribution in [0.2, 0.25) is 5.02 Å². The first-order valence-corrected chi connectivity index (χ1v) is 8.68. The van der Waals surface area contributed by atoms with Gasteiger partial charge in [-0.3, -0.25) is 4.79 Å². The fraction of sp³-hybridized carbons (Fsp3) is 0.421. The van der Waals surface area contributed by atoms with E-state index in [1.54, 1.807) is 0 Å². The number of aromatic nitrogens is 1. The summed E-state index contributed by atoms with van der Waals surface area (Å²) in [5.74, 6) is 0.241. The highest BCUT2D eigenvalue weighted by Gasteiger charge is 2.14. The summed E-state index contributed by atoms with van der Waals surface area (Å²) in [7, 11) is 0. The molecule has 0 saturated carbocycles. The van der Waals surface area contributed by atoms with Crippen molar-refractivity contribution in [1.29, 1.82) is 0 Å². The van der Waals surface area contributed by atoms with Crippen molar-refractivity contribution in [3.8, 4) is 0 Å². The predicted molar refractivity (Wildman–Crippen MR) is 95.6 cm³/mol. The molecule has 2 aromatic rings. The Hall–Kier alpha value is -1.74. The summed E-state index contributed by atoms with van der Waals surface area (Å²) >= 11 is 6.06. The molecule has 3 nitrogen and oxygen atoms in total. The van der Waals surface area contributed by atoms with Crippen LogP contribution in [0.15, 0.2) is 42.6 Å². The molecule has 0 unspecified atom stereocenters. The molecule has 0 aliphatic carbocycles. The Morgan fingerprint density at radius 1 is 1.17 bits per heavy atom. The van der Waals surface area contributed by atoms with E-state index in [2.05, 4.69) is 29.8 Å². The molecule has 23 heavy (non-hydrogen) atoms. The molecule has 4 heteroatoms. The Morgan fingerprint density at radius 3 is 2.70 bits per heavy atom. The van der Waals surface area contributed by atoms with Crippen LogP contribution >= 0.6 is 11.6 Å². The molecule has 1 amide bonds. The molecule has 1 aromatic heterocycles. The Kier molecular flexibility index (Phi) is 6.72. The van der Waals surface area contributed by atoms with Crippen LogP contribution in [-0.4, -0.2) is 21.9 Å². The third kappa shape index (κ3) is 5.14. The molecule has 0 saturated heterocycles. The van der Waals surface area contributed by atoms with Crippen molar-refractivity contribution in [3.05, 3.63) is 58.9 Å². The lowest BCUT2D eigenvalue weighted by Crippen LogP contribution is -2.31. The maximum Gasteiger partial charge on any atom is 0.222 e. The molecule has 0 N–H and O–H groups in total. The molecule has 0 fully saturated rings. The van der Waals surface area contributed by atoms with Gasteiger partial charge in [0.1, 0.15) is 0 Å². The number of nitrogens with zero attached hydrogens (tertiary/aromatic N) is 2. The standard InChI is InChI=1S/C19H25ClN2O/c1-3-7-19(23)22(11-4-2)15-18-10-6-12-21(18)14-16-8-5-9-17(20)13-16/h5-6,8-10,12-13H,3-4,7,11,14-15H2,1-2H3. The first-order chi connectivity index (χ1) is 11.1. The Morgan fingerprint density at radius 2 is 2.00 bits per heavy atom. The van der Waals surface area contributed by atoms with Crippen molar-refractivity contribution in [1.82, 2.24) is 9.47 Å². The van der Waals surface area contributed by atoms with E-state index in [1.165, 1.54) is 0 Å². The summed E-state index contributed by atoms with van der Waals surface area (Å²) < 4.78 is 2.19. The van der Waals surface area contributed by atoms with Crippen LogP contribution in [0.1, 0.15) is 44.4 Å². The van der Waals surface area contributed by atoms with Gasteiger partial charge in [-0.25, -0.2) is 0 Å². The lowest BCUT2D eigenvalue weighted by Gasteiger charge is -2.23. The number of carbonyl (C=O) groups excluding carboxylic acids is 1. The SMILES string of the molecule is CCCC(=O)N(CCC)Cc1cccn1Cc1cccc(Cl)c1. The van der Waals surface area contributed by atoms with Gasteiger partial charge in [0, 0.05) is 36.4 Å². The summed E-state index contributed by atoms with van der Waals surface area (Å²) in [6, 6.07) is 12.0. The molecule has 2 rings (SSSR count). The van der Waals surface area contributed by atoms with Crippen molar-refractivity contribution >= 4 is 17.5 Å². The van der Waals surface area contributed by atoms with E-state index in [4.69, 9.17) is 11.6 Å².